The summed E-state index contributed by atoms with van der Waals surface area (Å²) in [5.41, 5.74) is 8.18. The van der Waals surface area contributed by atoms with Gasteiger partial charge in [0.2, 0.25) is 0 Å². The minimum absolute atomic E-state index is 0.392. The molecule has 2 aliphatic heterocycles. The smallest absolute Gasteiger partial charge is 0.150 e. The second kappa shape index (κ2) is 11.6. The normalized spacial score (nSPS) is 19.8. The van der Waals surface area contributed by atoms with Crippen molar-refractivity contribution in [2.45, 2.75) is 6.42 Å². The molecule has 0 saturated carbocycles. The van der Waals surface area contributed by atoms with Crippen molar-refractivity contribution in [3.8, 4) is 23.3 Å². The third kappa shape index (κ3) is 6.46. The fourth-order valence-corrected chi connectivity index (χ4v) is 3.25. The number of hydrogen-bond acceptors (Lipinski definition) is 8. The number of nitrogens with zero attached hydrogens (tertiary/aromatic N) is 4. The molecule has 0 bridgehead atoms. The Kier molecular flexibility index (Phi) is 8.85. The van der Waals surface area contributed by atoms with Gasteiger partial charge in [-0.1, -0.05) is 5.92 Å². The number of nitrogens with two attached hydrogens (primary N) is 1. The van der Waals surface area contributed by atoms with Gasteiger partial charge in [-0.3, -0.25) is 0 Å². The summed E-state index contributed by atoms with van der Waals surface area (Å²) >= 11 is 0. The molecule has 2 aliphatic rings. The van der Waals surface area contributed by atoms with E-state index in [9.17, 15) is 0 Å². The molecule has 8 nitrogen and oxygen atoms in total. The highest BCUT2D eigenvalue weighted by atomic mass is 16.5. The van der Waals surface area contributed by atoms with Crippen LogP contribution in [0.3, 0.4) is 0 Å². The van der Waals surface area contributed by atoms with E-state index in [-0.39, 0.29) is 0 Å². The highest BCUT2D eigenvalue weighted by Gasteiger charge is 2.19. The Morgan fingerprint density at radius 2 is 1.94 bits per heavy atom. The van der Waals surface area contributed by atoms with Crippen molar-refractivity contribution >= 4 is 18.8 Å². The summed E-state index contributed by atoms with van der Waals surface area (Å²) in [6, 6.07) is 5.52. The molecule has 3 rings (SSSR count). The molecule has 0 amide bonds. The van der Waals surface area contributed by atoms with Crippen LogP contribution < -0.4 is 15.2 Å². The first kappa shape index (κ1) is 23.7. The molecule has 1 unspecified atom stereocenters. The van der Waals surface area contributed by atoms with Crippen molar-refractivity contribution in [2.24, 2.45) is 21.6 Å². The summed E-state index contributed by atoms with van der Waals surface area (Å²) in [7, 11) is 7.25. The number of allylic oxidation sites excluding steroid dienone is 1. The Morgan fingerprint density at radius 1 is 1.26 bits per heavy atom. The second-order valence-corrected chi connectivity index (χ2v) is 7.06. The number of benzene rings is 1. The van der Waals surface area contributed by atoms with Gasteiger partial charge >= 0.3 is 0 Å². The van der Waals surface area contributed by atoms with E-state index >= 15 is 0 Å². The fourth-order valence-electron chi connectivity index (χ4n) is 3.25. The van der Waals surface area contributed by atoms with E-state index in [1.165, 1.54) is 0 Å². The van der Waals surface area contributed by atoms with E-state index in [1.54, 1.807) is 20.4 Å². The van der Waals surface area contributed by atoms with E-state index in [1.807, 2.05) is 49.4 Å². The largest absolute Gasteiger partial charge is 0.497 e. The van der Waals surface area contributed by atoms with Crippen LogP contribution in [0, 0.1) is 17.8 Å². The average Bonchev–Trinajstić information content (AvgIpc) is 3.21. The van der Waals surface area contributed by atoms with Crippen LogP contribution in [-0.2, 0) is 4.79 Å². The minimum atomic E-state index is 0.392. The summed E-state index contributed by atoms with van der Waals surface area (Å²) in [5, 5.41) is 0. The number of amidine groups is 1. The van der Waals surface area contributed by atoms with Crippen molar-refractivity contribution in [2.75, 3.05) is 41.4 Å². The molecule has 0 spiro atoms. The molecule has 1 aromatic rings. The zero-order valence-corrected chi connectivity index (χ0v) is 18.5. The van der Waals surface area contributed by atoms with Crippen molar-refractivity contribution in [1.29, 1.82) is 0 Å². The Morgan fingerprint density at radius 3 is 2.48 bits per heavy atom. The number of likely N-dealkylation sites (N-methyl/N-ethyl adjacent to an activating group) is 1. The van der Waals surface area contributed by atoms with Gasteiger partial charge in [0.05, 0.1) is 14.2 Å². The Bertz CT molecular complexity index is 933. The number of hydrogen-bond donors (Lipinski definition) is 1. The molecule has 1 fully saturated rings. The number of carbonyl (C=O) groups excluding carboxylic acids is 1. The first-order chi connectivity index (χ1) is 15.0. The molecule has 1 atom stereocenters. The molecule has 31 heavy (non-hydrogen) atoms. The summed E-state index contributed by atoms with van der Waals surface area (Å²) in [5.74, 6) is 8.49. The van der Waals surface area contributed by atoms with E-state index in [4.69, 9.17) is 25.0 Å². The number of aliphatic imine (C=N–C) groups is 2. The zero-order chi connectivity index (χ0) is 22.8. The van der Waals surface area contributed by atoms with Crippen LogP contribution in [-0.4, -0.2) is 70.0 Å². The number of rotatable bonds is 4. The van der Waals surface area contributed by atoms with Crippen LogP contribution in [0.1, 0.15) is 12.0 Å². The third-order valence-electron chi connectivity index (χ3n) is 4.84. The van der Waals surface area contributed by atoms with Gasteiger partial charge in [0.15, 0.2) is 0 Å². The Labute approximate surface area is 183 Å². The van der Waals surface area contributed by atoms with Crippen LogP contribution in [0.2, 0.25) is 0 Å². The molecule has 164 valence electrons. The lowest BCUT2D eigenvalue weighted by atomic mass is 10.1. The van der Waals surface area contributed by atoms with E-state index in [0.717, 1.165) is 25.1 Å². The number of carbonyl (C=O) groups is 1. The summed E-state index contributed by atoms with van der Waals surface area (Å²) in [4.78, 5) is 21.1. The minimum Gasteiger partial charge on any atom is -0.497 e. The van der Waals surface area contributed by atoms with Crippen molar-refractivity contribution in [3.05, 3.63) is 47.6 Å². The summed E-state index contributed by atoms with van der Waals surface area (Å²) < 4.78 is 10.7. The third-order valence-corrected chi connectivity index (χ3v) is 4.84. The van der Waals surface area contributed by atoms with E-state index < -0.39 is 0 Å². The molecular weight excluding hydrogens is 394 g/mol. The van der Waals surface area contributed by atoms with Gasteiger partial charge in [0.1, 0.15) is 35.5 Å². The SMILES string of the molecule is C=O.COc1cc(C#C/C(N=CC2CCN(C)C2)=C2\C(N)=NC=CN2C)cc(OC)c1. The maximum absolute atomic E-state index is 8.00. The van der Waals surface area contributed by atoms with Crippen LogP contribution in [0.25, 0.3) is 0 Å². The van der Waals surface area contributed by atoms with E-state index in [0.29, 0.717) is 34.6 Å². The maximum Gasteiger partial charge on any atom is 0.150 e. The van der Waals surface area contributed by atoms with Crippen molar-refractivity contribution in [3.63, 3.8) is 0 Å². The predicted octanol–water partition coefficient (Wildman–Crippen LogP) is 1.88. The molecule has 8 heteroatoms. The molecule has 0 aliphatic carbocycles. The molecule has 2 heterocycles. The van der Waals surface area contributed by atoms with Gasteiger partial charge in [-0.15, -0.1) is 0 Å². The number of likely N-dealkylation sites (tertiary alicyclic amines) is 1. The quantitative estimate of drug-likeness (QED) is 0.587. The highest BCUT2D eigenvalue weighted by Crippen LogP contribution is 2.22. The van der Waals surface area contributed by atoms with Gasteiger partial charge in [-0.05, 0) is 38.1 Å². The first-order valence-corrected chi connectivity index (χ1v) is 9.74. The van der Waals surface area contributed by atoms with Crippen LogP contribution in [0.4, 0.5) is 0 Å². The van der Waals surface area contributed by atoms with Crippen LogP contribution >= 0.6 is 0 Å². The maximum atomic E-state index is 8.00. The molecule has 1 saturated heterocycles. The van der Waals surface area contributed by atoms with Gasteiger partial charge in [-0.2, -0.15) is 0 Å². The summed E-state index contributed by atoms with van der Waals surface area (Å²) in [6.07, 6.45) is 6.56. The monoisotopic (exact) mass is 423 g/mol. The Balaban J connectivity index is 0.00000166. The molecule has 0 aromatic heterocycles. The van der Waals surface area contributed by atoms with Gasteiger partial charge < -0.3 is 29.8 Å². The zero-order valence-electron chi connectivity index (χ0n) is 18.5. The first-order valence-electron chi connectivity index (χ1n) is 9.74. The van der Waals surface area contributed by atoms with Crippen molar-refractivity contribution < 1.29 is 14.3 Å². The molecule has 0 radical (unpaired) electrons. The van der Waals surface area contributed by atoms with Gasteiger partial charge in [-0.25, -0.2) is 9.98 Å². The van der Waals surface area contributed by atoms with Crippen molar-refractivity contribution in [1.82, 2.24) is 9.80 Å². The topological polar surface area (TPSA) is 92.8 Å². The second-order valence-electron chi connectivity index (χ2n) is 7.06. The molecular formula is C23H29N5O3. The Hall–Kier alpha value is -3.57. The standard InChI is InChI=1S/C22H27N5O2.CH2O/c1-26-9-7-17(15-26)14-25-20(21-22(23)24-8-10-27(21)2)6-5-16-11-18(28-3)13-19(12-16)29-4;1-2/h8,10-14,17H,7,9,15H2,1-4H3,(H2,23,24);1H2/b21-20-,25-14?;. The average molecular weight is 424 g/mol. The predicted molar refractivity (Wildman–Crippen MR) is 123 cm³/mol. The van der Waals surface area contributed by atoms with Gasteiger partial charge in [0, 0.05) is 49.8 Å². The van der Waals surface area contributed by atoms with Crippen LogP contribution in [0.15, 0.2) is 52.0 Å². The summed E-state index contributed by atoms with van der Waals surface area (Å²) in [6.45, 7) is 4.07. The van der Waals surface area contributed by atoms with Gasteiger partial charge in [0.25, 0.3) is 0 Å². The lowest BCUT2D eigenvalue weighted by Crippen LogP contribution is -2.28. The van der Waals surface area contributed by atoms with E-state index in [2.05, 4.69) is 28.8 Å². The number of ether oxygens (including phenoxy) is 2. The lowest BCUT2D eigenvalue weighted by Gasteiger charge is -2.21. The highest BCUT2D eigenvalue weighted by molar-refractivity contribution is 5.99. The van der Waals surface area contributed by atoms with Crippen LogP contribution in [0.5, 0.6) is 11.5 Å². The lowest BCUT2D eigenvalue weighted by molar-refractivity contribution is -0.0979. The fraction of sp³-hybridized carbons (Fsp3) is 0.348. The molecule has 1 aromatic carbocycles. The number of methoxy groups -OCH3 is 2. The molecule has 2 N–H and O–H groups in total.